The Hall–Kier alpha value is -2.38. The van der Waals surface area contributed by atoms with Gasteiger partial charge in [0.2, 0.25) is 0 Å². The van der Waals surface area contributed by atoms with Crippen LogP contribution >= 0.6 is 0 Å². The fraction of sp³-hybridized carbons (Fsp3) is 0.538. The Balaban J connectivity index is 1.68. The highest BCUT2D eigenvalue weighted by Gasteiger charge is 2.02. The zero-order valence-electron chi connectivity index (χ0n) is 12.5. The van der Waals surface area contributed by atoms with Crippen LogP contribution in [0.3, 0.4) is 0 Å². The number of hydrogen-bond donors (Lipinski definition) is 2. The number of nitrogens with one attached hydrogen (secondary N) is 2. The van der Waals surface area contributed by atoms with Gasteiger partial charge in [0, 0.05) is 45.5 Å². The maximum Gasteiger partial charge on any atom is 0.191 e. The minimum absolute atomic E-state index is 0.770. The van der Waals surface area contributed by atoms with Crippen molar-refractivity contribution in [3.05, 3.63) is 30.6 Å². The number of nitrogens with zero attached hydrogens (tertiary/aromatic N) is 6. The Kier molecular flexibility index (Phi) is 5.74. The summed E-state index contributed by atoms with van der Waals surface area (Å²) in [6.45, 7) is 5.24. The molecule has 0 bridgehead atoms. The van der Waals surface area contributed by atoms with E-state index >= 15 is 0 Å². The summed E-state index contributed by atoms with van der Waals surface area (Å²) in [5.41, 5.74) is 0. The van der Waals surface area contributed by atoms with Gasteiger partial charge in [-0.25, -0.2) is 0 Å². The lowest BCUT2D eigenvalue weighted by atomic mass is 10.4. The van der Waals surface area contributed by atoms with E-state index in [1.165, 1.54) is 0 Å². The molecule has 0 atom stereocenters. The first-order valence-corrected chi connectivity index (χ1v) is 7.12. The van der Waals surface area contributed by atoms with Crippen LogP contribution in [0.4, 0.5) is 0 Å². The van der Waals surface area contributed by atoms with Crippen molar-refractivity contribution < 1.29 is 0 Å². The number of rotatable bonds is 7. The van der Waals surface area contributed by atoms with Crippen LogP contribution in [0, 0.1) is 0 Å². The molecule has 0 saturated heterocycles. The molecule has 0 saturated carbocycles. The number of hydrogen-bond acceptors (Lipinski definition) is 4. The second-order valence-electron chi connectivity index (χ2n) is 4.49. The molecule has 0 aromatic carbocycles. The van der Waals surface area contributed by atoms with E-state index in [9.17, 15) is 0 Å². The predicted molar refractivity (Wildman–Crippen MR) is 81.0 cm³/mol. The van der Waals surface area contributed by atoms with Gasteiger partial charge in [0.15, 0.2) is 5.96 Å². The van der Waals surface area contributed by atoms with Crippen molar-refractivity contribution >= 4 is 5.96 Å². The minimum Gasteiger partial charge on any atom is -0.355 e. The van der Waals surface area contributed by atoms with E-state index in [1.807, 2.05) is 21.5 Å². The predicted octanol–water partition coefficient (Wildman–Crippen LogP) is -0.0978. The SMILES string of the molecule is CCc1nncn1CCNC(=NC)NCCn1cccn1. The Bertz CT molecular complexity index is 542. The molecule has 2 heterocycles. The van der Waals surface area contributed by atoms with E-state index in [0.717, 1.165) is 44.4 Å². The number of aryl methyl sites for hydroxylation is 1. The number of aliphatic imine (C=N–C) groups is 1. The van der Waals surface area contributed by atoms with Gasteiger partial charge in [-0.2, -0.15) is 5.10 Å². The summed E-state index contributed by atoms with van der Waals surface area (Å²) in [5, 5.41) is 18.7. The summed E-state index contributed by atoms with van der Waals surface area (Å²) in [7, 11) is 1.76. The smallest absolute Gasteiger partial charge is 0.191 e. The fourth-order valence-electron chi connectivity index (χ4n) is 1.98. The lowest BCUT2D eigenvalue weighted by Gasteiger charge is -2.12. The van der Waals surface area contributed by atoms with Gasteiger partial charge in [-0.3, -0.25) is 9.67 Å². The lowest BCUT2D eigenvalue weighted by molar-refractivity contribution is 0.591. The van der Waals surface area contributed by atoms with Crippen LogP contribution in [0.2, 0.25) is 0 Å². The first-order chi connectivity index (χ1) is 10.3. The van der Waals surface area contributed by atoms with Gasteiger partial charge in [-0.05, 0) is 6.07 Å². The van der Waals surface area contributed by atoms with Crippen LogP contribution in [0.25, 0.3) is 0 Å². The summed E-state index contributed by atoms with van der Waals surface area (Å²) < 4.78 is 3.93. The first kappa shape index (κ1) is 15.0. The molecule has 2 N–H and O–H groups in total. The number of guanidine groups is 1. The molecule has 0 aliphatic rings. The molecule has 0 aliphatic heterocycles. The standard InChI is InChI=1S/C13H22N8/c1-3-12-19-17-11-20(12)9-6-15-13(14-2)16-7-10-21-8-4-5-18-21/h4-5,8,11H,3,6-7,9-10H2,1-2H3,(H2,14,15,16). The molecular formula is C13H22N8. The van der Waals surface area contributed by atoms with Crippen molar-refractivity contribution in [2.75, 3.05) is 20.1 Å². The zero-order valence-corrected chi connectivity index (χ0v) is 12.5. The van der Waals surface area contributed by atoms with E-state index in [-0.39, 0.29) is 0 Å². The van der Waals surface area contributed by atoms with Gasteiger partial charge in [0.1, 0.15) is 12.2 Å². The lowest BCUT2D eigenvalue weighted by Crippen LogP contribution is -2.40. The van der Waals surface area contributed by atoms with Gasteiger partial charge < -0.3 is 15.2 Å². The third-order valence-corrected chi connectivity index (χ3v) is 3.07. The van der Waals surface area contributed by atoms with Gasteiger partial charge in [0.05, 0.1) is 6.54 Å². The van der Waals surface area contributed by atoms with Crippen LogP contribution in [-0.2, 0) is 19.5 Å². The Morgan fingerprint density at radius 3 is 2.76 bits per heavy atom. The molecule has 2 rings (SSSR count). The van der Waals surface area contributed by atoms with Gasteiger partial charge in [-0.15, -0.1) is 10.2 Å². The summed E-state index contributed by atoms with van der Waals surface area (Å²) in [6, 6.07) is 1.91. The van der Waals surface area contributed by atoms with Gasteiger partial charge in [0.25, 0.3) is 0 Å². The Labute approximate surface area is 124 Å². The molecule has 0 amide bonds. The Morgan fingerprint density at radius 1 is 1.29 bits per heavy atom. The summed E-state index contributed by atoms with van der Waals surface area (Å²) in [5.74, 6) is 1.78. The molecule has 2 aromatic heterocycles. The largest absolute Gasteiger partial charge is 0.355 e. The zero-order chi connectivity index (χ0) is 14.9. The topological polar surface area (TPSA) is 85.0 Å². The van der Waals surface area contributed by atoms with Crippen molar-refractivity contribution in [3.8, 4) is 0 Å². The molecular weight excluding hydrogens is 268 g/mol. The monoisotopic (exact) mass is 290 g/mol. The molecule has 0 unspecified atom stereocenters. The molecule has 0 aliphatic carbocycles. The first-order valence-electron chi connectivity index (χ1n) is 7.12. The molecule has 21 heavy (non-hydrogen) atoms. The van der Waals surface area contributed by atoms with E-state index in [1.54, 1.807) is 19.6 Å². The van der Waals surface area contributed by atoms with E-state index in [2.05, 4.69) is 37.8 Å². The number of aromatic nitrogens is 5. The van der Waals surface area contributed by atoms with Crippen LogP contribution in [0.15, 0.2) is 29.8 Å². The molecule has 0 spiro atoms. The Morgan fingerprint density at radius 2 is 2.10 bits per heavy atom. The van der Waals surface area contributed by atoms with Crippen LogP contribution in [0.5, 0.6) is 0 Å². The van der Waals surface area contributed by atoms with E-state index < -0.39 is 0 Å². The molecule has 0 fully saturated rings. The average molecular weight is 290 g/mol. The van der Waals surface area contributed by atoms with Gasteiger partial charge >= 0.3 is 0 Å². The van der Waals surface area contributed by atoms with Crippen LogP contribution in [-0.4, -0.2) is 50.6 Å². The molecule has 114 valence electrons. The summed E-state index contributed by atoms with van der Waals surface area (Å²) >= 11 is 0. The van der Waals surface area contributed by atoms with Gasteiger partial charge in [-0.1, -0.05) is 6.92 Å². The van der Waals surface area contributed by atoms with E-state index in [4.69, 9.17) is 0 Å². The van der Waals surface area contributed by atoms with Crippen molar-refractivity contribution in [2.24, 2.45) is 4.99 Å². The molecule has 8 nitrogen and oxygen atoms in total. The minimum atomic E-state index is 0.770. The third-order valence-electron chi connectivity index (χ3n) is 3.07. The van der Waals surface area contributed by atoms with Crippen LogP contribution < -0.4 is 10.6 Å². The average Bonchev–Trinajstić information content (AvgIpc) is 3.16. The van der Waals surface area contributed by atoms with E-state index in [0.29, 0.717) is 0 Å². The van der Waals surface area contributed by atoms with Crippen molar-refractivity contribution in [2.45, 2.75) is 26.4 Å². The quantitative estimate of drug-likeness (QED) is 0.549. The highest BCUT2D eigenvalue weighted by atomic mass is 15.3. The van der Waals surface area contributed by atoms with Crippen LogP contribution in [0.1, 0.15) is 12.7 Å². The normalized spacial score (nSPS) is 11.6. The second kappa shape index (κ2) is 8.03. The summed E-state index contributed by atoms with van der Waals surface area (Å²) in [4.78, 5) is 4.19. The maximum atomic E-state index is 4.19. The molecule has 0 radical (unpaired) electrons. The van der Waals surface area contributed by atoms with Crippen molar-refractivity contribution in [1.29, 1.82) is 0 Å². The molecule has 8 heteroatoms. The fourth-order valence-corrected chi connectivity index (χ4v) is 1.98. The second-order valence-corrected chi connectivity index (χ2v) is 4.49. The van der Waals surface area contributed by atoms with Crippen molar-refractivity contribution in [3.63, 3.8) is 0 Å². The van der Waals surface area contributed by atoms with Crippen molar-refractivity contribution in [1.82, 2.24) is 35.2 Å². The third kappa shape index (κ3) is 4.59. The highest BCUT2D eigenvalue weighted by molar-refractivity contribution is 5.79. The molecule has 2 aromatic rings. The highest BCUT2D eigenvalue weighted by Crippen LogP contribution is 1.94. The maximum absolute atomic E-state index is 4.19. The summed E-state index contributed by atoms with van der Waals surface area (Å²) in [6.07, 6.45) is 6.36.